The molecule has 0 aromatic heterocycles. The summed E-state index contributed by atoms with van der Waals surface area (Å²) in [5, 5.41) is 15.2. The molecule has 4 rings (SSSR count). The number of hydrogen-bond acceptors (Lipinski definition) is 7. The Morgan fingerprint density at radius 3 is 2.10 bits per heavy atom. The number of ether oxygens (including phenoxy) is 2. The van der Waals surface area contributed by atoms with Gasteiger partial charge in [0.15, 0.2) is 0 Å². The Morgan fingerprint density at radius 1 is 0.865 bits per heavy atom. The molecule has 3 N–H and O–H groups in total. The third-order valence-electron chi connectivity index (χ3n) is 9.30. The second kappa shape index (κ2) is 20.0. The Morgan fingerprint density at radius 2 is 1.50 bits per heavy atom. The van der Waals surface area contributed by atoms with E-state index in [2.05, 4.69) is 35.9 Å². The molecule has 0 saturated carbocycles. The predicted molar refractivity (Wildman–Crippen MR) is 201 cm³/mol. The van der Waals surface area contributed by atoms with Gasteiger partial charge in [0, 0.05) is 25.4 Å². The summed E-state index contributed by atoms with van der Waals surface area (Å²) in [5.74, 6) is -2.26. The number of nitrogens with zero attached hydrogens (tertiary/aromatic N) is 1. The molecule has 0 radical (unpaired) electrons. The van der Waals surface area contributed by atoms with Crippen molar-refractivity contribution in [1.29, 1.82) is 0 Å². The number of carbonyl (C=O) groups excluding carboxylic acids is 4. The van der Waals surface area contributed by atoms with Gasteiger partial charge >= 0.3 is 12.1 Å². The highest BCUT2D eigenvalue weighted by Gasteiger charge is 2.31. The zero-order valence-electron chi connectivity index (χ0n) is 30.2. The number of benzene rings is 3. The van der Waals surface area contributed by atoms with E-state index in [1.54, 1.807) is 12.2 Å². The molecule has 0 fully saturated rings. The van der Waals surface area contributed by atoms with Crippen molar-refractivity contribution in [3.05, 3.63) is 121 Å². The smallest absolute Gasteiger partial charge is 0.407 e. The van der Waals surface area contributed by atoms with Gasteiger partial charge in [0.1, 0.15) is 19.3 Å². The lowest BCUT2D eigenvalue weighted by atomic mass is 9.97. The summed E-state index contributed by atoms with van der Waals surface area (Å²) in [6.45, 7) is 11.5. The molecule has 52 heavy (non-hydrogen) atoms. The molecule has 276 valence electrons. The lowest BCUT2D eigenvalue weighted by Gasteiger charge is -2.27. The highest BCUT2D eigenvalue weighted by Crippen LogP contribution is 2.44. The average molecular weight is 710 g/mol. The van der Waals surface area contributed by atoms with Crippen LogP contribution in [0.25, 0.3) is 11.1 Å². The molecule has 0 saturated heterocycles. The summed E-state index contributed by atoms with van der Waals surface area (Å²) in [5.41, 5.74) is 5.29. The number of aliphatic hydroxyl groups excluding tert-OH is 1. The Kier molecular flexibility index (Phi) is 15.2. The molecule has 10 heteroatoms. The standard InChI is InChI=1S/C42H51N3O7/c1-5-7-22-37(44-42(50)52-27-36-34-20-13-11-18-32(34)33-19-12-14-21-35(33)36)41(49)51-28-38(29(3)4)43-40(48)31(15-6-2)25-39(47)45(23-24-46)26-30-16-9-8-10-17-30/h5-6,8-14,16-21,29,31,36-38,46H,1-2,7,15,22-28H2,3-4H3,(H,43,48)(H,44,50). The molecular formula is C42H51N3O7. The number of hydrogen-bond donors (Lipinski definition) is 3. The maximum absolute atomic E-state index is 13.5. The summed E-state index contributed by atoms with van der Waals surface area (Å²) in [6, 6.07) is 24.0. The van der Waals surface area contributed by atoms with Crippen LogP contribution in [0, 0.1) is 11.8 Å². The highest BCUT2D eigenvalue weighted by molar-refractivity contribution is 5.86. The number of rotatable bonds is 20. The highest BCUT2D eigenvalue weighted by atomic mass is 16.6. The molecule has 3 amide bonds. The van der Waals surface area contributed by atoms with Crippen LogP contribution in [-0.2, 0) is 30.4 Å². The summed E-state index contributed by atoms with van der Waals surface area (Å²) in [7, 11) is 0. The molecule has 10 nitrogen and oxygen atoms in total. The van der Waals surface area contributed by atoms with Crippen LogP contribution >= 0.6 is 0 Å². The summed E-state index contributed by atoms with van der Waals surface area (Å²) in [4.78, 5) is 54.7. The lowest BCUT2D eigenvalue weighted by molar-refractivity contribution is -0.148. The van der Waals surface area contributed by atoms with Crippen LogP contribution in [0.4, 0.5) is 4.79 Å². The van der Waals surface area contributed by atoms with E-state index < -0.39 is 30.1 Å². The van der Waals surface area contributed by atoms with Crippen molar-refractivity contribution in [1.82, 2.24) is 15.5 Å². The number of aliphatic hydroxyl groups is 1. The van der Waals surface area contributed by atoms with Crippen molar-refractivity contribution in [3.63, 3.8) is 0 Å². The first-order chi connectivity index (χ1) is 25.2. The van der Waals surface area contributed by atoms with E-state index in [-0.39, 0.29) is 69.3 Å². The Hall–Kier alpha value is -5.22. The first kappa shape index (κ1) is 39.6. The van der Waals surface area contributed by atoms with Crippen molar-refractivity contribution < 1.29 is 33.8 Å². The van der Waals surface area contributed by atoms with Gasteiger partial charge in [-0.15, -0.1) is 13.2 Å². The number of amides is 3. The largest absolute Gasteiger partial charge is 0.462 e. The van der Waals surface area contributed by atoms with Crippen LogP contribution in [0.3, 0.4) is 0 Å². The molecule has 3 aromatic carbocycles. The van der Waals surface area contributed by atoms with E-state index in [1.807, 2.05) is 80.6 Å². The molecule has 3 aromatic rings. The maximum atomic E-state index is 13.5. The van der Waals surface area contributed by atoms with Gasteiger partial charge in [-0.25, -0.2) is 9.59 Å². The van der Waals surface area contributed by atoms with Gasteiger partial charge in [-0.1, -0.05) is 105 Å². The Balaban J connectivity index is 1.34. The zero-order chi connectivity index (χ0) is 37.5. The van der Waals surface area contributed by atoms with Gasteiger partial charge in [0.05, 0.1) is 18.6 Å². The average Bonchev–Trinajstić information content (AvgIpc) is 3.47. The van der Waals surface area contributed by atoms with E-state index in [4.69, 9.17) is 9.47 Å². The number of carbonyl (C=O) groups is 4. The van der Waals surface area contributed by atoms with Crippen molar-refractivity contribution in [3.8, 4) is 11.1 Å². The van der Waals surface area contributed by atoms with Crippen molar-refractivity contribution >= 4 is 23.9 Å². The third-order valence-corrected chi connectivity index (χ3v) is 9.30. The summed E-state index contributed by atoms with van der Waals surface area (Å²) < 4.78 is 11.3. The monoisotopic (exact) mass is 709 g/mol. The van der Waals surface area contributed by atoms with Gasteiger partial charge in [-0.3, -0.25) is 9.59 Å². The molecule has 0 spiro atoms. The van der Waals surface area contributed by atoms with Crippen LogP contribution in [0.5, 0.6) is 0 Å². The first-order valence-electron chi connectivity index (χ1n) is 17.9. The quantitative estimate of drug-likeness (QED) is 0.0947. The lowest BCUT2D eigenvalue weighted by Crippen LogP contribution is -2.48. The molecule has 3 unspecified atom stereocenters. The SMILES string of the molecule is C=CCCC(NC(=O)OCC1c2ccccc2-c2ccccc21)C(=O)OCC(NC(=O)C(CC=C)CC(=O)N(CCO)Cc1ccccc1)C(C)C. The van der Waals surface area contributed by atoms with Gasteiger partial charge in [0.2, 0.25) is 11.8 Å². The molecular weight excluding hydrogens is 658 g/mol. The molecule has 0 bridgehead atoms. The number of alkyl carbamates (subject to hydrolysis) is 1. The van der Waals surface area contributed by atoms with Crippen LogP contribution in [0.15, 0.2) is 104 Å². The number of allylic oxidation sites excluding steroid dienone is 2. The number of esters is 1. The zero-order valence-corrected chi connectivity index (χ0v) is 30.2. The van der Waals surface area contributed by atoms with Gasteiger partial charge < -0.3 is 30.1 Å². The molecule has 1 aliphatic rings. The summed E-state index contributed by atoms with van der Waals surface area (Å²) >= 11 is 0. The van der Waals surface area contributed by atoms with Crippen LogP contribution in [-0.4, -0.2) is 72.3 Å². The van der Waals surface area contributed by atoms with Crippen LogP contribution in [0.1, 0.15) is 62.1 Å². The molecule has 1 aliphatic carbocycles. The fourth-order valence-electron chi connectivity index (χ4n) is 6.33. The minimum absolute atomic E-state index is 0.0804. The van der Waals surface area contributed by atoms with Crippen molar-refractivity contribution in [2.45, 2.75) is 64.1 Å². The van der Waals surface area contributed by atoms with Gasteiger partial charge in [-0.2, -0.15) is 0 Å². The maximum Gasteiger partial charge on any atom is 0.407 e. The first-order valence-corrected chi connectivity index (χ1v) is 17.9. The van der Waals surface area contributed by atoms with E-state index >= 15 is 0 Å². The van der Waals surface area contributed by atoms with E-state index in [0.717, 1.165) is 27.8 Å². The number of nitrogens with one attached hydrogen (secondary N) is 2. The van der Waals surface area contributed by atoms with E-state index in [1.165, 1.54) is 4.90 Å². The molecule has 3 atom stereocenters. The molecule has 0 heterocycles. The summed E-state index contributed by atoms with van der Waals surface area (Å²) in [6.07, 6.45) is 3.39. The van der Waals surface area contributed by atoms with Crippen molar-refractivity contribution in [2.24, 2.45) is 11.8 Å². The molecule has 0 aliphatic heterocycles. The Bertz CT molecular complexity index is 1630. The van der Waals surface area contributed by atoms with E-state index in [9.17, 15) is 24.3 Å². The van der Waals surface area contributed by atoms with Crippen LogP contribution in [0.2, 0.25) is 0 Å². The topological polar surface area (TPSA) is 134 Å². The minimum atomic E-state index is -0.995. The van der Waals surface area contributed by atoms with Gasteiger partial charge in [0.25, 0.3) is 0 Å². The fourth-order valence-corrected chi connectivity index (χ4v) is 6.33. The predicted octanol–water partition coefficient (Wildman–Crippen LogP) is 6.15. The van der Waals surface area contributed by atoms with Gasteiger partial charge in [-0.05, 0) is 53.0 Å². The van der Waals surface area contributed by atoms with E-state index in [0.29, 0.717) is 13.0 Å². The third kappa shape index (κ3) is 10.9. The van der Waals surface area contributed by atoms with Crippen LogP contribution < -0.4 is 10.6 Å². The second-order valence-electron chi connectivity index (χ2n) is 13.3. The normalized spacial score (nSPS) is 13.5. The second-order valence-corrected chi connectivity index (χ2v) is 13.3. The minimum Gasteiger partial charge on any atom is -0.462 e. The number of fused-ring (bicyclic) bond motifs is 3. The Labute approximate surface area is 306 Å². The van der Waals surface area contributed by atoms with Crippen molar-refractivity contribution in [2.75, 3.05) is 26.4 Å². The fraction of sp³-hybridized carbons (Fsp3) is 0.381.